The molecule has 3 aromatic heterocycles. The molecule has 5 heterocycles. The van der Waals surface area contributed by atoms with Crippen molar-refractivity contribution < 1.29 is 0 Å². The smallest absolute Gasteiger partial charge is 0.313 e. The van der Waals surface area contributed by atoms with E-state index in [0.29, 0.717) is 17.7 Å². The Morgan fingerprint density at radius 2 is 1.38 bits per heavy atom. The van der Waals surface area contributed by atoms with E-state index >= 15 is 0 Å². The molecule has 0 aromatic carbocycles. The monoisotopic (exact) mass is 441 g/mol. The van der Waals surface area contributed by atoms with Crippen molar-refractivity contribution in [3.63, 3.8) is 0 Å². The Morgan fingerprint density at radius 1 is 0.812 bits per heavy atom. The zero-order valence-electron chi connectivity index (χ0n) is 19.4. The molecule has 3 aromatic rings. The quantitative estimate of drug-likeness (QED) is 0.579. The molecule has 0 spiro atoms. The minimum absolute atomic E-state index is 0.235. The predicted molar refractivity (Wildman–Crippen MR) is 126 cm³/mol. The average Bonchev–Trinajstić information content (AvgIpc) is 3.32. The molecule has 0 N–H and O–H groups in total. The van der Waals surface area contributed by atoms with E-state index < -0.39 is 0 Å². The maximum absolute atomic E-state index is 13.4. The lowest BCUT2D eigenvalue weighted by atomic mass is 10.1. The van der Waals surface area contributed by atoms with Crippen LogP contribution in [0.2, 0.25) is 0 Å². The number of aryl methyl sites for hydroxylation is 2. The van der Waals surface area contributed by atoms with E-state index in [9.17, 15) is 9.59 Å². The number of imidazole rings is 2. The van der Waals surface area contributed by atoms with Crippen LogP contribution in [-0.2, 0) is 20.1 Å². The predicted octanol–water partition coefficient (Wildman–Crippen LogP) is 1.43. The van der Waals surface area contributed by atoms with Crippen LogP contribution in [-0.4, -0.2) is 72.2 Å². The highest BCUT2D eigenvalue weighted by molar-refractivity contribution is 5.75. The third-order valence-corrected chi connectivity index (χ3v) is 7.32. The maximum Gasteiger partial charge on any atom is 0.332 e. The number of rotatable bonds is 6. The van der Waals surface area contributed by atoms with E-state index in [1.54, 1.807) is 7.05 Å². The van der Waals surface area contributed by atoms with Gasteiger partial charge in [-0.15, -0.1) is 0 Å². The Kier molecular flexibility index (Phi) is 5.94. The molecule has 5 rings (SSSR count). The first-order chi connectivity index (χ1) is 15.5. The van der Waals surface area contributed by atoms with Crippen LogP contribution in [0.3, 0.4) is 0 Å². The van der Waals surface area contributed by atoms with Gasteiger partial charge in [-0.1, -0.05) is 12.8 Å². The average molecular weight is 442 g/mol. The Morgan fingerprint density at radius 3 is 1.97 bits per heavy atom. The Labute approximate surface area is 187 Å². The van der Waals surface area contributed by atoms with Crippen LogP contribution >= 0.6 is 0 Å². The van der Waals surface area contributed by atoms with E-state index in [4.69, 9.17) is 4.98 Å². The summed E-state index contributed by atoms with van der Waals surface area (Å²) in [6, 6.07) is 0. The third-order valence-electron chi connectivity index (χ3n) is 7.32. The SMILES string of the molecule is Cc1cn2c3c(=O)n(CCN4CCCCC4)c(=O)n(C)c3nc2n1CCN1CCCCC1. The molecule has 0 amide bonds. The van der Waals surface area contributed by atoms with Gasteiger partial charge in [0.1, 0.15) is 0 Å². The number of nitrogens with zero attached hydrogens (tertiary/aromatic N) is 7. The minimum atomic E-state index is -0.281. The molecule has 0 bridgehead atoms. The molecule has 9 heteroatoms. The van der Waals surface area contributed by atoms with Crippen LogP contribution in [0.4, 0.5) is 0 Å². The van der Waals surface area contributed by atoms with Crippen molar-refractivity contribution in [2.75, 3.05) is 39.3 Å². The summed E-state index contributed by atoms with van der Waals surface area (Å²) in [5.74, 6) is 0.746. The molecule has 32 heavy (non-hydrogen) atoms. The molecule has 0 unspecified atom stereocenters. The number of fused-ring (bicyclic) bond motifs is 3. The summed E-state index contributed by atoms with van der Waals surface area (Å²) in [7, 11) is 1.72. The van der Waals surface area contributed by atoms with E-state index in [2.05, 4.69) is 21.3 Å². The lowest BCUT2D eigenvalue weighted by Crippen LogP contribution is -2.43. The van der Waals surface area contributed by atoms with Gasteiger partial charge >= 0.3 is 5.69 Å². The fourth-order valence-corrected chi connectivity index (χ4v) is 5.38. The minimum Gasteiger partial charge on any atom is -0.313 e. The first-order valence-corrected chi connectivity index (χ1v) is 12.2. The van der Waals surface area contributed by atoms with Gasteiger partial charge in [-0.25, -0.2) is 4.79 Å². The van der Waals surface area contributed by atoms with Crippen LogP contribution in [0.5, 0.6) is 0 Å². The van der Waals surface area contributed by atoms with Crippen LogP contribution in [0.25, 0.3) is 16.9 Å². The molecule has 2 aliphatic heterocycles. The normalized spacial score (nSPS) is 18.8. The van der Waals surface area contributed by atoms with E-state index in [1.807, 2.05) is 10.6 Å². The van der Waals surface area contributed by atoms with E-state index in [0.717, 1.165) is 57.3 Å². The van der Waals surface area contributed by atoms with Crippen molar-refractivity contribution in [2.24, 2.45) is 7.05 Å². The topological polar surface area (TPSA) is 72.7 Å². The van der Waals surface area contributed by atoms with Crippen LogP contribution in [0.15, 0.2) is 15.8 Å². The highest BCUT2D eigenvalue weighted by atomic mass is 16.2. The molecule has 2 fully saturated rings. The van der Waals surface area contributed by atoms with Crippen molar-refractivity contribution >= 4 is 16.9 Å². The van der Waals surface area contributed by atoms with Gasteiger partial charge in [0.25, 0.3) is 5.56 Å². The van der Waals surface area contributed by atoms with Gasteiger partial charge < -0.3 is 14.4 Å². The Bertz CT molecular complexity index is 1220. The number of likely N-dealkylation sites (tertiary alicyclic amines) is 2. The third kappa shape index (κ3) is 3.81. The van der Waals surface area contributed by atoms with Crippen molar-refractivity contribution in [1.29, 1.82) is 0 Å². The summed E-state index contributed by atoms with van der Waals surface area (Å²) in [5, 5.41) is 0. The lowest BCUT2D eigenvalue weighted by Gasteiger charge is -2.26. The van der Waals surface area contributed by atoms with E-state index in [-0.39, 0.29) is 11.2 Å². The standard InChI is InChI=1S/C23H35N7O2/c1-18-17-30-19-20(24-22(30)28(18)15-13-26-9-5-3-6-10-26)25(2)23(32)29(21(19)31)16-14-27-11-7-4-8-12-27/h17H,3-16H2,1-2H3. The molecule has 174 valence electrons. The summed E-state index contributed by atoms with van der Waals surface area (Å²) in [6.07, 6.45) is 9.51. The van der Waals surface area contributed by atoms with Gasteiger partial charge in [0.2, 0.25) is 5.78 Å². The molecule has 9 nitrogen and oxygen atoms in total. The van der Waals surface area contributed by atoms with Gasteiger partial charge in [-0.2, -0.15) is 4.98 Å². The first kappa shape index (κ1) is 21.5. The number of piperidine rings is 2. The molecule has 0 aliphatic carbocycles. The summed E-state index contributed by atoms with van der Waals surface area (Å²) in [5.41, 5.74) is 1.54. The highest BCUT2D eigenvalue weighted by Gasteiger charge is 2.21. The molecule has 2 saturated heterocycles. The summed E-state index contributed by atoms with van der Waals surface area (Å²) in [4.78, 5) is 36.0. The van der Waals surface area contributed by atoms with Gasteiger partial charge in [0, 0.05) is 45.1 Å². The van der Waals surface area contributed by atoms with Crippen molar-refractivity contribution in [2.45, 2.75) is 58.5 Å². The number of aromatic nitrogens is 5. The second-order valence-corrected chi connectivity index (χ2v) is 9.48. The molecule has 0 saturated carbocycles. The molecule has 0 atom stereocenters. The van der Waals surface area contributed by atoms with Crippen molar-refractivity contribution in [1.82, 2.24) is 32.9 Å². The Balaban J connectivity index is 1.49. The van der Waals surface area contributed by atoms with Crippen molar-refractivity contribution in [3.05, 3.63) is 32.7 Å². The lowest BCUT2D eigenvalue weighted by molar-refractivity contribution is 0.218. The Hall–Kier alpha value is -2.39. The first-order valence-electron chi connectivity index (χ1n) is 12.2. The summed E-state index contributed by atoms with van der Waals surface area (Å²) in [6.45, 7) is 9.44. The van der Waals surface area contributed by atoms with Crippen LogP contribution < -0.4 is 11.2 Å². The largest absolute Gasteiger partial charge is 0.332 e. The fraction of sp³-hybridized carbons (Fsp3) is 0.696. The van der Waals surface area contributed by atoms with Gasteiger partial charge in [0.15, 0.2) is 11.2 Å². The van der Waals surface area contributed by atoms with Crippen LogP contribution in [0.1, 0.15) is 44.2 Å². The van der Waals surface area contributed by atoms with Gasteiger partial charge in [-0.05, 0) is 58.8 Å². The van der Waals surface area contributed by atoms with Crippen molar-refractivity contribution in [3.8, 4) is 0 Å². The second-order valence-electron chi connectivity index (χ2n) is 9.48. The van der Waals surface area contributed by atoms with Crippen LogP contribution in [0, 0.1) is 6.92 Å². The fourth-order valence-electron chi connectivity index (χ4n) is 5.38. The molecule has 0 radical (unpaired) electrons. The summed E-state index contributed by atoms with van der Waals surface area (Å²) >= 11 is 0. The second kappa shape index (κ2) is 8.86. The molecule has 2 aliphatic rings. The zero-order chi connectivity index (χ0) is 22.2. The molecular formula is C23H35N7O2. The maximum atomic E-state index is 13.4. The van der Waals surface area contributed by atoms with E-state index in [1.165, 1.54) is 47.7 Å². The van der Waals surface area contributed by atoms with Gasteiger partial charge in [0.05, 0.1) is 0 Å². The highest BCUT2D eigenvalue weighted by Crippen LogP contribution is 2.17. The van der Waals surface area contributed by atoms with Gasteiger partial charge in [-0.3, -0.25) is 18.3 Å². The summed E-state index contributed by atoms with van der Waals surface area (Å²) < 4.78 is 6.99. The molecular weight excluding hydrogens is 406 g/mol. The zero-order valence-corrected chi connectivity index (χ0v) is 19.4. The number of hydrogen-bond acceptors (Lipinski definition) is 5. The number of hydrogen-bond donors (Lipinski definition) is 0.